The van der Waals surface area contributed by atoms with E-state index >= 15 is 0 Å². The van der Waals surface area contributed by atoms with Crippen molar-refractivity contribution in [3.8, 4) is 5.75 Å². The van der Waals surface area contributed by atoms with Crippen LogP contribution in [0.3, 0.4) is 0 Å². The van der Waals surface area contributed by atoms with Crippen molar-refractivity contribution in [1.29, 1.82) is 0 Å². The molecule has 2 aromatic carbocycles. The fraction of sp³-hybridized carbons (Fsp3) is 0.381. The molecule has 0 aliphatic carbocycles. The predicted molar refractivity (Wildman–Crippen MR) is 98.5 cm³/mol. The average molecular weight is 325 g/mol. The summed E-state index contributed by atoms with van der Waals surface area (Å²) in [6, 6.07) is 12.4. The Kier molecular flexibility index (Phi) is 6.42. The largest absolute Gasteiger partial charge is 0.484 e. The summed E-state index contributed by atoms with van der Waals surface area (Å²) in [5.41, 5.74) is 6.15. The summed E-state index contributed by atoms with van der Waals surface area (Å²) in [6.07, 6.45) is 1.97. The Morgan fingerprint density at radius 1 is 0.958 bits per heavy atom. The number of hydrogen-bond acceptors (Lipinski definition) is 2. The third-order valence-corrected chi connectivity index (χ3v) is 4.38. The molecule has 0 atom stereocenters. The smallest absolute Gasteiger partial charge is 0.258 e. The molecule has 1 amide bonds. The van der Waals surface area contributed by atoms with Gasteiger partial charge >= 0.3 is 0 Å². The highest BCUT2D eigenvalue weighted by Gasteiger charge is 2.07. The predicted octanol–water partition coefficient (Wildman–Crippen LogP) is 4.12. The maximum atomic E-state index is 12.1. The zero-order valence-electron chi connectivity index (χ0n) is 15.1. The number of rotatable bonds is 7. The summed E-state index contributed by atoms with van der Waals surface area (Å²) in [4.78, 5) is 12.1. The Balaban J connectivity index is 1.90. The molecule has 0 radical (unpaired) electrons. The van der Waals surface area contributed by atoms with E-state index in [2.05, 4.69) is 44.3 Å². The summed E-state index contributed by atoms with van der Waals surface area (Å²) in [6.45, 7) is 8.95. The van der Waals surface area contributed by atoms with Crippen LogP contribution in [0, 0.1) is 13.8 Å². The lowest BCUT2D eigenvalue weighted by molar-refractivity contribution is -0.123. The Morgan fingerprint density at radius 3 is 2.42 bits per heavy atom. The molecule has 0 aliphatic rings. The average Bonchev–Trinajstić information content (AvgIpc) is 2.60. The van der Waals surface area contributed by atoms with Gasteiger partial charge in [-0.15, -0.1) is 0 Å². The second kappa shape index (κ2) is 8.53. The third kappa shape index (κ3) is 4.85. The SMILES string of the molecule is CCc1ccc(CC)c(CNC(=O)COc2ccc(C)c(C)c2)c1. The maximum Gasteiger partial charge on any atom is 0.258 e. The summed E-state index contributed by atoms with van der Waals surface area (Å²) in [5, 5.41) is 2.96. The van der Waals surface area contributed by atoms with Crippen molar-refractivity contribution < 1.29 is 9.53 Å². The first-order valence-electron chi connectivity index (χ1n) is 8.60. The monoisotopic (exact) mass is 325 g/mol. The van der Waals surface area contributed by atoms with E-state index in [9.17, 15) is 4.79 Å². The molecule has 0 saturated carbocycles. The van der Waals surface area contributed by atoms with E-state index in [1.54, 1.807) is 0 Å². The number of benzene rings is 2. The van der Waals surface area contributed by atoms with Crippen molar-refractivity contribution in [2.45, 2.75) is 47.1 Å². The van der Waals surface area contributed by atoms with Crippen molar-refractivity contribution in [2.24, 2.45) is 0 Å². The first-order valence-corrected chi connectivity index (χ1v) is 8.60. The van der Waals surface area contributed by atoms with Crippen LogP contribution in [-0.2, 0) is 24.2 Å². The second-order valence-electron chi connectivity index (χ2n) is 6.12. The molecular formula is C21H27NO2. The van der Waals surface area contributed by atoms with Crippen LogP contribution in [0.2, 0.25) is 0 Å². The molecule has 2 aromatic rings. The van der Waals surface area contributed by atoms with Crippen LogP contribution in [0.15, 0.2) is 36.4 Å². The molecule has 2 rings (SSSR count). The Labute approximate surface area is 145 Å². The van der Waals surface area contributed by atoms with Gasteiger partial charge in [-0.25, -0.2) is 0 Å². The number of carbonyl (C=O) groups excluding carboxylic acids is 1. The lowest BCUT2D eigenvalue weighted by atomic mass is 10.0. The number of ether oxygens (including phenoxy) is 1. The topological polar surface area (TPSA) is 38.3 Å². The Morgan fingerprint density at radius 2 is 1.75 bits per heavy atom. The van der Waals surface area contributed by atoms with Crippen molar-refractivity contribution in [2.75, 3.05) is 6.61 Å². The van der Waals surface area contributed by atoms with Gasteiger partial charge in [-0.05, 0) is 66.6 Å². The number of hydrogen-bond donors (Lipinski definition) is 1. The van der Waals surface area contributed by atoms with Gasteiger partial charge in [0, 0.05) is 6.54 Å². The van der Waals surface area contributed by atoms with Crippen molar-refractivity contribution >= 4 is 5.91 Å². The molecule has 1 N–H and O–H groups in total. The standard InChI is InChI=1S/C21H27NO2/c1-5-17-8-9-18(6-2)19(12-17)13-22-21(23)14-24-20-10-7-15(3)16(4)11-20/h7-12H,5-6,13-14H2,1-4H3,(H,22,23). The molecule has 0 aromatic heterocycles. The van der Waals surface area contributed by atoms with Gasteiger partial charge < -0.3 is 10.1 Å². The maximum absolute atomic E-state index is 12.1. The van der Waals surface area contributed by atoms with E-state index < -0.39 is 0 Å². The molecule has 0 saturated heterocycles. The lowest BCUT2D eigenvalue weighted by Gasteiger charge is -2.12. The molecule has 3 nitrogen and oxygen atoms in total. The van der Waals surface area contributed by atoms with Gasteiger partial charge in [-0.3, -0.25) is 4.79 Å². The van der Waals surface area contributed by atoms with Gasteiger partial charge in [0.25, 0.3) is 5.91 Å². The second-order valence-corrected chi connectivity index (χ2v) is 6.12. The van der Waals surface area contributed by atoms with Gasteiger partial charge in [0.15, 0.2) is 6.61 Å². The quantitative estimate of drug-likeness (QED) is 0.831. The van der Waals surface area contributed by atoms with Crippen molar-refractivity contribution in [3.63, 3.8) is 0 Å². The first-order chi connectivity index (χ1) is 11.5. The normalized spacial score (nSPS) is 10.5. The highest BCUT2D eigenvalue weighted by atomic mass is 16.5. The molecular weight excluding hydrogens is 298 g/mol. The molecule has 3 heteroatoms. The fourth-order valence-electron chi connectivity index (χ4n) is 2.61. The molecule has 0 aliphatic heterocycles. The summed E-state index contributed by atoms with van der Waals surface area (Å²) in [7, 11) is 0. The minimum atomic E-state index is -0.0998. The van der Waals surface area contributed by atoms with Crippen LogP contribution in [0.25, 0.3) is 0 Å². The third-order valence-electron chi connectivity index (χ3n) is 4.38. The summed E-state index contributed by atoms with van der Waals surface area (Å²) in [5.74, 6) is 0.632. The molecule has 0 spiro atoms. The van der Waals surface area contributed by atoms with Gasteiger partial charge in [0.1, 0.15) is 5.75 Å². The van der Waals surface area contributed by atoms with Gasteiger partial charge in [-0.2, -0.15) is 0 Å². The van der Waals surface area contributed by atoms with E-state index in [1.165, 1.54) is 22.3 Å². The van der Waals surface area contributed by atoms with E-state index in [4.69, 9.17) is 4.74 Å². The van der Waals surface area contributed by atoms with E-state index in [-0.39, 0.29) is 12.5 Å². The van der Waals surface area contributed by atoms with E-state index in [0.717, 1.165) is 24.2 Å². The molecule has 128 valence electrons. The van der Waals surface area contributed by atoms with Crippen LogP contribution in [0.1, 0.15) is 41.7 Å². The Bertz CT molecular complexity index is 707. The number of amides is 1. The van der Waals surface area contributed by atoms with Crippen LogP contribution >= 0.6 is 0 Å². The molecule has 24 heavy (non-hydrogen) atoms. The molecule has 0 heterocycles. The van der Waals surface area contributed by atoms with Crippen LogP contribution < -0.4 is 10.1 Å². The van der Waals surface area contributed by atoms with Crippen LogP contribution in [0.5, 0.6) is 5.75 Å². The van der Waals surface area contributed by atoms with Crippen LogP contribution in [0.4, 0.5) is 0 Å². The van der Waals surface area contributed by atoms with Gasteiger partial charge in [0.05, 0.1) is 0 Å². The van der Waals surface area contributed by atoms with E-state index in [1.807, 2.05) is 25.1 Å². The van der Waals surface area contributed by atoms with Gasteiger partial charge in [-0.1, -0.05) is 38.1 Å². The Hall–Kier alpha value is -2.29. The minimum Gasteiger partial charge on any atom is -0.484 e. The fourth-order valence-corrected chi connectivity index (χ4v) is 2.61. The first kappa shape index (κ1) is 18.1. The molecule has 0 fully saturated rings. The highest BCUT2D eigenvalue weighted by Crippen LogP contribution is 2.16. The molecule has 0 unspecified atom stereocenters. The molecule has 0 bridgehead atoms. The zero-order chi connectivity index (χ0) is 17.5. The highest BCUT2D eigenvalue weighted by molar-refractivity contribution is 5.77. The minimum absolute atomic E-state index is 0.0391. The number of aryl methyl sites for hydroxylation is 4. The van der Waals surface area contributed by atoms with Crippen molar-refractivity contribution in [1.82, 2.24) is 5.32 Å². The summed E-state index contributed by atoms with van der Waals surface area (Å²) < 4.78 is 5.58. The number of carbonyl (C=O) groups is 1. The zero-order valence-corrected chi connectivity index (χ0v) is 15.1. The van der Waals surface area contributed by atoms with Gasteiger partial charge in [0.2, 0.25) is 0 Å². The van der Waals surface area contributed by atoms with Crippen LogP contribution in [-0.4, -0.2) is 12.5 Å². The van der Waals surface area contributed by atoms with Crippen molar-refractivity contribution in [3.05, 3.63) is 64.2 Å². The number of nitrogens with one attached hydrogen (secondary N) is 1. The van der Waals surface area contributed by atoms with E-state index in [0.29, 0.717) is 6.54 Å². The lowest BCUT2D eigenvalue weighted by Crippen LogP contribution is -2.28. The summed E-state index contributed by atoms with van der Waals surface area (Å²) >= 11 is 0.